The lowest BCUT2D eigenvalue weighted by Gasteiger charge is -2.14. The molecule has 0 aliphatic rings. The van der Waals surface area contributed by atoms with Gasteiger partial charge >= 0.3 is 0 Å². The van der Waals surface area contributed by atoms with Gasteiger partial charge < -0.3 is 10.1 Å². The summed E-state index contributed by atoms with van der Waals surface area (Å²) in [7, 11) is 0. The zero-order valence-electron chi connectivity index (χ0n) is 12.9. The number of nitriles is 1. The second-order valence-corrected chi connectivity index (χ2v) is 5.24. The summed E-state index contributed by atoms with van der Waals surface area (Å²) in [5.74, 6) is 0.488. The summed E-state index contributed by atoms with van der Waals surface area (Å²) < 4.78 is 5.39. The number of carbonyl (C=O) groups excluding carboxylic acids is 1. The van der Waals surface area contributed by atoms with Crippen molar-refractivity contribution in [1.29, 1.82) is 5.26 Å². The monoisotopic (exact) mass is 288 g/mol. The van der Waals surface area contributed by atoms with Crippen molar-refractivity contribution in [1.82, 2.24) is 5.32 Å². The lowest BCUT2D eigenvalue weighted by atomic mass is 10.1. The first-order valence-electron chi connectivity index (χ1n) is 7.58. The first-order valence-corrected chi connectivity index (χ1v) is 7.58. The third-order valence-corrected chi connectivity index (χ3v) is 3.25. The normalized spacial score (nSPS) is 11.5. The first kappa shape index (κ1) is 17.0. The van der Waals surface area contributed by atoms with Crippen molar-refractivity contribution in [3.8, 4) is 11.8 Å². The van der Waals surface area contributed by atoms with Gasteiger partial charge in [-0.2, -0.15) is 5.26 Å². The molecule has 0 fully saturated rings. The lowest BCUT2D eigenvalue weighted by molar-refractivity contribution is -0.123. The van der Waals surface area contributed by atoms with Crippen LogP contribution in [0.1, 0.15) is 51.5 Å². The molecule has 1 aromatic rings. The summed E-state index contributed by atoms with van der Waals surface area (Å²) in [4.78, 5) is 11.8. The molecular formula is C17H24N2O2. The number of hydrogen-bond acceptors (Lipinski definition) is 3. The predicted molar refractivity (Wildman–Crippen MR) is 83.0 cm³/mol. The maximum absolute atomic E-state index is 11.8. The van der Waals surface area contributed by atoms with Gasteiger partial charge in [0.1, 0.15) is 5.75 Å². The molecule has 0 radical (unpaired) electrons. The largest absolute Gasteiger partial charge is 0.484 e. The Morgan fingerprint density at radius 2 is 2.00 bits per heavy atom. The summed E-state index contributed by atoms with van der Waals surface area (Å²) in [6.07, 6.45) is 5.84. The Hall–Kier alpha value is -2.02. The molecule has 0 aliphatic heterocycles. The molecule has 1 amide bonds. The molecule has 1 rings (SSSR count). The lowest BCUT2D eigenvalue weighted by Crippen LogP contribution is -2.36. The standard InChI is InChI=1S/C17H24N2O2/c1-3-4-5-6-7-14(2)19-17(20)13-21-16-10-8-15(12-18)9-11-16/h8-11,14H,3-7,13H2,1-2H3,(H,19,20)/t14-/m0/s1. The SMILES string of the molecule is CCCCCC[C@H](C)NC(=O)COc1ccc(C#N)cc1. The minimum absolute atomic E-state index is 0.00516. The Morgan fingerprint density at radius 1 is 1.29 bits per heavy atom. The van der Waals surface area contributed by atoms with Gasteiger partial charge in [0, 0.05) is 6.04 Å². The molecule has 0 aromatic heterocycles. The Kier molecular flexibility index (Phi) is 7.96. The van der Waals surface area contributed by atoms with Gasteiger partial charge in [0.2, 0.25) is 0 Å². The van der Waals surface area contributed by atoms with E-state index in [1.54, 1.807) is 24.3 Å². The number of nitrogens with one attached hydrogen (secondary N) is 1. The number of nitrogens with zero attached hydrogens (tertiary/aromatic N) is 1. The minimum atomic E-state index is -0.109. The number of amides is 1. The molecule has 0 bridgehead atoms. The smallest absolute Gasteiger partial charge is 0.258 e. The van der Waals surface area contributed by atoms with Gasteiger partial charge in [-0.1, -0.05) is 32.6 Å². The average molecular weight is 288 g/mol. The number of hydrogen-bond donors (Lipinski definition) is 1. The van der Waals surface area contributed by atoms with Crippen LogP contribution in [0.3, 0.4) is 0 Å². The summed E-state index contributed by atoms with van der Waals surface area (Å²) in [5, 5.41) is 11.6. The molecule has 114 valence electrons. The van der Waals surface area contributed by atoms with Crippen molar-refractivity contribution < 1.29 is 9.53 Å². The van der Waals surface area contributed by atoms with Crippen LogP contribution in [0.5, 0.6) is 5.75 Å². The van der Waals surface area contributed by atoms with E-state index in [0.29, 0.717) is 11.3 Å². The van der Waals surface area contributed by atoms with Gasteiger partial charge in [0.25, 0.3) is 5.91 Å². The highest BCUT2D eigenvalue weighted by molar-refractivity contribution is 5.77. The summed E-state index contributed by atoms with van der Waals surface area (Å²) in [6.45, 7) is 4.21. The fraction of sp³-hybridized carbons (Fsp3) is 0.529. The maximum Gasteiger partial charge on any atom is 0.258 e. The van der Waals surface area contributed by atoms with Crippen molar-refractivity contribution in [2.24, 2.45) is 0 Å². The van der Waals surface area contributed by atoms with E-state index in [2.05, 4.69) is 12.2 Å². The van der Waals surface area contributed by atoms with Crippen molar-refractivity contribution in [3.05, 3.63) is 29.8 Å². The van der Waals surface area contributed by atoms with Gasteiger partial charge in [0.05, 0.1) is 11.6 Å². The topological polar surface area (TPSA) is 62.1 Å². The van der Waals surface area contributed by atoms with Crippen LogP contribution in [-0.2, 0) is 4.79 Å². The summed E-state index contributed by atoms with van der Waals surface area (Å²) >= 11 is 0. The van der Waals surface area contributed by atoms with Gasteiger partial charge in [-0.25, -0.2) is 0 Å². The summed E-state index contributed by atoms with van der Waals surface area (Å²) in [5.41, 5.74) is 0.576. The van der Waals surface area contributed by atoms with E-state index in [1.165, 1.54) is 19.3 Å². The van der Waals surface area contributed by atoms with Crippen LogP contribution in [0.25, 0.3) is 0 Å². The third-order valence-electron chi connectivity index (χ3n) is 3.25. The summed E-state index contributed by atoms with van der Waals surface area (Å²) in [6, 6.07) is 8.95. The van der Waals surface area contributed by atoms with Crippen LogP contribution in [0, 0.1) is 11.3 Å². The van der Waals surface area contributed by atoms with E-state index in [9.17, 15) is 4.79 Å². The quantitative estimate of drug-likeness (QED) is 0.708. The number of carbonyl (C=O) groups is 1. The number of unbranched alkanes of at least 4 members (excludes halogenated alkanes) is 3. The molecule has 0 unspecified atom stereocenters. The number of ether oxygens (including phenoxy) is 1. The molecule has 4 heteroatoms. The fourth-order valence-corrected chi connectivity index (χ4v) is 2.04. The van der Waals surface area contributed by atoms with Gasteiger partial charge in [0.15, 0.2) is 6.61 Å². The van der Waals surface area contributed by atoms with Crippen molar-refractivity contribution >= 4 is 5.91 Å². The van der Waals surface area contributed by atoms with E-state index in [0.717, 1.165) is 12.8 Å². The highest BCUT2D eigenvalue weighted by atomic mass is 16.5. The van der Waals surface area contributed by atoms with Gasteiger partial charge in [-0.15, -0.1) is 0 Å². The molecule has 0 aliphatic carbocycles. The van der Waals surface area contributed by atoms with E-state index < -0.39 is 0 Å². The van der Waals surface area contributed by atoms with Gasteiger partial charge in [-0.05, 0) is 37.6 Å². The third kappa shape index (κ3) is 7.36. The fourth-order valence-electron chi connectivity index (χ4n) is 2.04. The van der Waals surface area contributed by atoms with Crippen molar-refractivity contribution in [2.75, 3.05) is 6.61 Å². The first-order chi connectivity index (χ1) is 10.2. The Morgan fingerprint density at radius 3 is 2.62 bits per heavy atom. The molecule has 0 saturated heterocycles. The van der Waals surface area contributed by atoms with Crippen LogP contribution < -0.4 is 10.1 Å². The molecule has 1 atom stereocenters. The molecule has 1 N–H and O–H groups in total. The molecule has 1 aromatic carbocycles. The number of benzene rings is 1. The van der Waals surface area contributed by atoms with E-state index in [-0.39, 0.29) is 18.6 Å². The van der Waals surface area contributed by atoms with Gasteiger partial charge in [-0.3, -0.25) is 4.79 Å². The Labute approximate surface area is 127 Å². The predicted octanol–water partition coefficient (Wildman–Crippen LogP) is 3.41. The molecule has 21 heavy (non-hydrogen) atoms. The molecule has 4 nitrogen and oxygen atoms in total. The van der Waals surface area contributed by atoms with E-state index >= 15 is 0 Å². The van der Waals surface area contributed by atoms with Crippen LogP contribution in [0.4, 0.5) is 0 Å². The van der Waals surface area contributed by atoms with Crippen molar-refractivity contribution in [3.63, 3.8) is 0 Å². The second-order valence-electron chi connectivity index (χ2n) is 5.24. The Balaban J connectivity index is 2.22. The minimum Gasteiger partial charge on any atom is -0.484 e. The molecule has 0 saturated carbocycles. The van der Waals surface area contributed by atoms with Crippen LogP contribution in [-0.4, -0.2) is 18.6 Å². The number of rotatable bonds is 9. The van der Waals surface area contributed by atoms with E-state index in [1.807, 2.05) is 13.0 Å². The zero-order chi connectivity index (χ0) is 15.5. The van der Waals surface area contributed by atoms with Crippen LogP contribution in [0.2, 0.25) is 0 Å². The highest BCUT2D eigenvalue weighted by Gasteiger charge is 2.07. The zero-order valence-corrected chi connectivity index (χ0v) is 12.9. The molecular weight excluding hydrogens is 264 g/mol. The second kappa shape index (κ2) is 9.82. The maximum atomic E-state index is 11.8. The Bertz CT molecular complexity index is 463. The highest BCUT2D eigenvalue weighted by Crippen LogP contribution is 2.11. The van der Waals surface area contributed by atoms with E-state index in [4.69, 9.17) is 10.00 Å². The van der Waals surface area contributed by atoms with Crippen molar-refractivity contribution in [2.45, 2.75) is 52.0 Å². The average Bonchev–Trinajstić information content (AvgIpc) is 2.50. The molecule has 0 heterocycles. The van der Waals surface area contributed by atoms with Crippen LogP contribution in [0.15, 0.2) is 24.3 Å². The van der Waals surface area contributed by atoms with Crippen LogP contribution >= 0.6 is 0 Å². The molecule has 0 spiro atoms.